The fourth-order valence-electron chi connectivity index (χ4n) is 3.84. The molecule has 35 heavy (non-hydrogen) atoms. The molecular formula is C29H31N2O3P. The van der Waals surface area contributed by atoms with Crippen LogP contribution in [0.2, 0.25) is 0 Å². The van der Waals surface area contributed by atoms with Crippen LogP contribution in [0.25, 0.3) is 0 Å². The van der Waals surface area contributed by atoms with Gasteiger partial charge in [0.1, 0.15) is 11.5 Å². The first-order valence-corrected chi connectivity index (χ1v) is 13.2. The maximum Gasteiger partial charge on any atom is 0.258 e. The molecule has 0 saturated carbocycles. The van der Waals surface area contributed by atoms with Crippen LogP contribution in [0.3, 0.4) is 0 Å². The van der Waals surface area contributed by atoms with Gasteiger partial charge in [0.05, 0.1) is 13.7 Å². The average Bonchev–Trinajstić information content (AvgIpc) is 2.92. The van der Waals surface area contributed by atoms with Crippen molar-refractivity contribution < 1.29 is 13.8 Å². The fourth-order valence-corrected chi connectivity index (χ4v) is 6.23. The van der Waals surface area contributed by atoms with Crippen molar-refractivity contribution in [2.75, 3.05) is 31.4 Å². The van der Waals surface area contributed by atoms with Gasteiger partial charge in [-0.1, -0.05) is 60.7 Å². The Morgan fingerprint density at radius 2 is 1.40 bits per heavy atom. The number of nitrogens with one attached hydrogen (secondary N) is 1. The first-order chi connectivity index (χ1) is 17.0. The zero-order valence-electron chi connectivity index (χ0n) is 20.3. The van der Waals surface area contributed by atoms with Crippen LogP contribution in [0, 0.1) is 0 Å². The number of benzene rings is 4. The summed E-state index contributed by atoms with van der Waals surface area (Å²) >= 11 is 0. The van der Waals surface area contributed by atoms with E-state index in [1.165, 1.54) is 0 Å². The smallest absolute Gasteiger partial charge is 0.258 e. The Balaban J connectivity index is 1.80. The van der Waals surface area contributed by atoms with Crippen molar-refractivity contribution in [3.8, 4) is 5.75 Å². The summed E-state index contributed by atoms with van der Waals surface area (Å²) in [6.07, 6.45) is 0. The summed E-state index contributed by atoms with van der Waals surface area (Å²) in [5, 5.41) is 4.16. The van der Waals surface area contributed by atoms with Crippen LogP contribution in [0.5, 0.6) is 5.75 Å². The van der Waals surface area contributed by atoms with Crippen molar-refractivity contribution in [1.82, 2.24) is 0 Å². The van der Waals surface area contributed by atoms with E-state index in [2.05, 4.69) is 5.32 Å². The molecule has 0 bridgehead atoms. The second-order valence-corrected chi connectivity index (χ2v) is 10.9. The van der Waals surface area contributed by atoms with Crippen molar-refractivity contribution in [3.05, 3.63) is 120 Å². The van der Waals surface area contributed by atoms with Gasteiger partial charge in [-0.2, -0.15) is 0 Å². The van der Waals surface area contributed by atoms with E-state index in [4.69, 9.17) is 9.26 Å². The monoisotopic (exact) mass is 486 g/mol. The third-order valence-corrected chi connectivity index (χ3v) is 8.48. The van der Waals surface area contributed by atoms with E-state index in [0.717, 1.165) is 28.3 Å². The van der Waals surface area contributed by atoms with Crippen LogP contribution in [-0.4, -0.2) is 21.2 Å². The molecule has 4 rings (SSSR count). The van der Waals surface area contributed by atoms with Gasteiger partial charge in [0.15, 0.2) is 0 Å². The molecular weight excluding hydrogens is 455 g/mol. The largest absolute Gasteiger partial charge is 0.497 e. The minimum atomic E-state index is -3.48. The van der Waals surface area contributed by atoms with Crippen LogP contribution in [0.4, 0.5) is 11.4 Å². The lowest BCUT2D eigenvalue weighted by Gasteiger charge is -2.30. The van der Waals surface area contributed by atoms with Crippen molar-refractivity contribution in [1.29, 1.82) is 0 Å². The molecule has 0 fully saturated rings. The van der Waals surface area contributed by atoms with Crippen LogP contribution < -0.4 is 20.3 Å². The molecule has 2 atom stereocenters. The second-order valence-electron chi connectivity index (χ2n) is 8.45. The maximum atomic E-state index is 15.0. The van der Waals surface area contributed by atoms with Crippen LogP contribution >= 0.6 is 7.37 Å². The van der Waals surface area contributed by atoms with E-state index in [1.807, 2.05) is 128 Å². The zero-order valence-corrected chi connectivity index (χ0v) is 21.2. The predicted molar refractivity (Wildman–Crippen MR) is 145 cm³/mol. The molecule has 0 spiro atoms. The first-order valence-electron chi connectivity index (χ1n) is 11.5. The minimum absolute atomic E-state index is 0.233. The molecule has 0 heterocycles. The van der Waals surface area contributed by atoms with Gasteiger partial charge in [-0.25, -0.2) is 0 Å². The molecule has 0 amide bonds. The van der Waals surface area contributed by atoms with E-state index in [0.29, 0.717) is 5.30 Å². The quantitative estimate of drug-likeness (QED) is 0.253. The van der Waals surface area contributed by atoms with Gasteiger partial charge in [0.25, 0.3) is 7.37 Å². The van der Waals surface area contributed by atoms with Gasteiger partial charge >= 0.3 is 0 Å². The van der Waals surface area contributed by atoms with Crippen LogP contribution in [0.1, 0.15) is 16.9 Å². The molecule has 4 aromatic carbocycles. The van der Waals surface area contributed by atoms with Gasteiger partial charge in [-0.3, -0.25) is 4.57 Å². The molecule has 0 aromatic heterocycles. The van der Waals surface area contributed by atoms with Crippen molar-refractivity contribution >= 4 is 24.0 Å². The lowest BCUT2D eigenvalue weighted by molar-refractivity contribution is 0.305. The summed E-state index contributed by atoms with van der Waals surface area (Å²) < 4.78 is 26.7. The Hall–Kier alpha value is -3.53. The Morgan fingerprint density at radius 1 is 0.800 bits per heavy atom. The molecule has 0 aliphatic rings. The topological polar surface area (TPSA) is 50.8 Å². The number of hydrogen-bond donors (Lipinski definition) is 1. The minimum Gasteiger partial charge on any atom is -0.497 e. The molecule has 0 aliphatic carbocycles. The molecule has 5 nitrogen and oxygen atoms in total. The van der Waals surface area contributed by atoms with E-state index in [9.17, 15) is 4.57 Å². The highest BCUT2D eigenvalue weighted by Gasteiger charge is 2.38. The Kier molecular flexibility index (Phi) is 7.91. The molecule has 0 radical (unpaired) electrons. The molecule has 0 saturated heterocycles. The van der Waals surface area contributed by atoms with Crippen molar-refractivity contribution in [2.45, 2.75) is 12.4 Å². The average molecular weight is 487 g/mol. The van der Waals surface area contributed by atoms with E-state index in [1.54, 1.807) is 7.11 Å². The molecule has 1 N–H and O–H groups in total. The summed E-state index contributed by atoms with van der Waals surface area (Å²) in [6, 6.07) is 35.0. The number of hydrogen-bond acceptors (Lipinski definition) is 5. The lowest BCUT2D eigenvalue weighted by Crippen LogP contribution is -2.21. The number of rotatable bonds is 10. The highest BCUT2D eigenvalue weighted by molar-refractivity contribution is 7.67. The standard InChI is InChI=1S/C29H31N2O3P/c1-31(2)26-16-20-28(21-17-26)35(32,34-22-23-10-6-4-7-11-23)29(30-25-12-8-5-9-13-25)24-14-18-27(33-3)19-15-24/h4-21,29-30H,22H2,1-3H3. The highest BCUT2D eigenvalue weighted by atomic mass is 31.2. The second kappa shape index (κ2) is 11.3. The summed E-state index contributed by atoms with van der Waals surface area (Å²) in [5.41, 5.74) is 3.70. The van der Waals surface area contributed by atoms with E-state index < -0.39 is 13.2 Å². The first kappa shape index (κ1) is 24.6. The Bertz CT molecular complexity index is 1240. The van der Waals surface area contributed by atoms with Gasteiger partial charge in [-0.05, 0) is 59.7 Å². The van der Waals surface area contributed by atoms with Gasteiger partial charge in [0.2, 0.25) is 0 Å². The third kappa shape index (κ3) is 5.94. The fraction of sp³-hybridized carbons (Fsp3) is 0.172. The highest BCUT2D eigenvalue weighted by Crippen LogP contribution is 2.59. The maximum absolute atomic E-state index is 15.0. The van der Waals surface area contributed by atoms with Crippen LogP contribution in [0.15, 0.2) is 109 Å². The van der Waals surface area contributed by atoms with E-state index in [-0.39, 0.29) is 6.61 Å². The normalized spacial score (nSPS) is 13.5. The third-order valence-electron chi connectivity index (χ3n) is 5.84. The van der Waals surface area contributed by atoms with Crippen molar-refractivity contribution in [2.24, 2.45) is 0 Å². The summed E-state index contributed by atoms with van der Waals surface area (Å²) in [5.74, 6) is 0.132. The molecule has 2 unspecified atom stereocenters. The lowest BCUT2D eigenvalue weighted by atomic mass is 10.2. The number of ether oxygens (including phenoxy) is 1. The van der Waals surface area contributed by atoms with Crippen molar-refractivity contribution in [3.63, 3.8) is 0 Å². The van der Waals surface area contributed by atoms with E-state index >= 15 is 0 Å². The number of para-hydroxylation sites is 1. The summed E-state index contributed by atoms with van der Waals surface area (Å²) in [4.78, 5) is 2.02. The molecule has 6 heteroatoms. The predicted octanol–water partition coefficient (Wildman–Crippen LogP) is 6.69. The molecule has 180 valence electrons. The Labute approximate surface area is 207 Å². The Morgan fingerprint density at radius 3 is 1.97 bits per heavy atom. The van der Waals surface area contributed by atoms with Gasteiger partial charge in [-0.15, -0.1) is 0 Å². The van der Waals surface area contributed by atoms with Gasteiger partial charge in [0, 0.05) is 30.8 Å². The number of methoxy groups -OCH3 is 1. The number of nitrogens with zero attached hydrogens (tertiary/aromatic N) is 1. The van der Waals surface area contributed by atoms with Crippen LogP contribution in [-0.2, 0) is 15.7 Å². The molecule has 4 aromatic rings. The SMILES string of the molecule is COc1ccc(C(Nc2ccccc2)P(=O)(OCc2ccccc2)c2ccc(N(C)C)cc2)cc1. The zero-order chi connectivity index (χ0) is 24.7. The number of anilines is 2. The molecule has 0 aliphatic heterocycles. The summed E-state index contributed by atoms with van der Waals surface area (Å²) in [7, 11) is 2.12. The summed E-state index contributed by atoms with van der Waals surface area (Å²) in [6.45, 7) is 0.233. The van der Waals surface area contributed by atoms with Gasteiger partial charge < -0.3 is 19.5 Å².